The summed E-state index contributed by atoms with van der Waals surface area (Å²) in [4.78, 5) is 16.7. The highest BCUT2D eigenvalue weighted by Gasteiger charge is 2.29. The number of fused-ring (bicyclic) bond motifs is 1. The van der Waals surface area contributed by atoms with Gasteiger partial charge in [0.1, 0.15) is 17.7 Å². The first kappa shape index (κ1) is 26.9. The Kier molecular flexibility index (Phi) is 7.31. The number of oxazole rings is 1. The Morgan fingerprint density at radius 2 is 1.55 bits per heavy atom. The molecule has 0 spiro atoms. The SMILES string of the molecule is COc1cc(C(=O)Nc2ccc3oc(-c4c(F)c(F)c(F)c(F)c4F)nc3c2)ccc1OCc1ccc(Cl)cc1. The number of aromatic nitrogens is 1. The van der Waals surface area contributed by atoms with Crippen molar-refractivity contribution in [3.8, 4) is 23.0 Å². The van der Waals surface area contributed by atoms with Crippen LogP contribution in [0.4, 0.5) is 27.6 Å². The van der Waals surface area contributed by atoms with E-state index in [4.69, 9.17) is 25.5 Å². The summed E-state index contributed by atoms with van der Waals surface area (Å²) in [6.45, 7) is 0.240. The Labute approximate surface area is 227 Å². The number of carbonyl (C=O) groups is 1. The number of nitrogens with zero attached hydrogens (tertiary/aromatic N) is 1. The molecule has 1 aromatic heterocycles. The van der Waals surface area contributed by atoms with Gasteiger partial charge < -0.3 is 19.2 Å². The van der Waals surface area contributed by atoms with E-state index in [1.165, 1.54) is 37.4 Å². The molecule has 0 saturated heterocycles. The molecule has 0 bridgehead atoms. The maximum absolute atomic E-state index is 14.2. The fourth-order valence-corrected chi connectivity index (χ4v) is 3.90. The van der Waals surface area contributed by atoms with E-state index in [9.17, 15) is 26.7 Å². The zero-order valence-electron chi connectivity index (χ0n) is 20.3. The van der Waals surface area contributed by atoms with Crippen molar-refractivity contribution in [1.82, 2.24) is 4.98 Å². The van der Waals surface area contributed by atoms with Crippen molar-refractivity contribution in [2.24, 2.45) is 0 Å². The van der Waals surface area contributed by atoms with E-state index in [0.29, 0.717) is 16.5 Å². The molecule has 40 heavy (non-hydrogen) atoms. The van der Waals surface area contributed by atoms with E-state index >= 15 is 0 Å². The molecule has 0 radical (unpaired) electrons. The van der Waals surface area contributed by atoms with Crippen LogP contribution in [0.5, 0.6) is 11.5 Å². The molecule has 6 nitrogen and oxygen atoms in total. The van der Waals surface area contributed by atoms with Crippen molar-refractivity contribution in [3.05, 3.63) is 106 Å². The van der Waals surface area contributed by atoms with E-state index < -0.39 is 46.4 Å². The highest BCUT2D eigenvalue weighted by molar-refractivity contribution is 6.30. The number of hydrogen-bond donors (Lipinski definition) is 1. The summed E-state index contributed by atoms with van der Waals surface area (Å²) >= 11 is 5.89. The second kappa shape index (κ2) is 10.9. The molecule has 12 heteroatoms. The number of hydrogen-bond acceptors (Lipinski definition) is 5. The zero-order chi connectivity index (χ0) is 28.6. The van der Waals surface area contributed by atoms with E-state index in [1.807, 2.05) is 12.1 Å². The topological polar surface area (TPSA) is 73.6 Å². The van der Waals surface area contributed by atoms with Gasteiger partial charge in [-0.05, 0) is 54.1 Å². The molecule has 204 valence electrons. The van der Waals surface area contributed by atoms with E-state index in [1.54, 1.807) is 18.2 Å². The van der Waals surface area contributed by atoms with Crippen LogP contribution in [-0.2, 0) is 6.61 Å². The zero-order valence-corrected chi connectivity index (χ0v) is 21.1. The number of benzene rings is 4. The molecular formula is C28H16ClF5N2O4. The van der Waals surface area contributed by atoms with Gasteiger partial charge in [-0.1, -0.05) is 23.7 Å². The summed E-state index contributed by atoms with van der Waals surface area (Å²) in [5, 5.41) is 3.23. The number of carbonyl (C=O) groups excluding carboxylic acids is 1. The van der Waals surface area contributed by atoms with Crippen LogP contribution in [0.2, 0.25) is 5.02 Å². The van der Waals surface area contributed by atoms with Crippen LogP contribution in [-0.4, -0.2) is 18.0 Å². The third-order valence-electron chi connectivity index (χ3n) is 5.80. The van der Waals surface area contributed by atoms with Crippen LogP contribution in [0.1, 0.15) is 15.9 Å². The molecule has 1 amide bonds. The Morgan fingerprint density at radius 3 is 2.23 bits per heavy atom. The van der Waals surface area contributed by atoms with Crippen LogP contribution >= 0.6 is 11.6 Å². The molecule has 4 aromatic carbocycles. The number of methoxy groups -OCH3 is 1. The fraction of sp³-hybridized carbons (Fsp3) is 0.0714. The Balaban J connectivity index is 1.35. The third kappa shape index (κ3) is 5.15. The molecule has 0 aliphatic rings. The molecule has 5 aromatic rings. The van der Waals surface area contributed by atoms with Crippen LogP contribution < -0.4 is 14.8 Å². The second-order valence-corrected chi connectivity index (χ2v) is 8.82. The highest BCUT2D eigenvalue weighted by Crippen LogP contribution is 2.34. The average molecular weight is 575 g/mol. The summed E-state index contributed by atoms with van der Waals surface area (Å²) in [6.07, 6.45) is 0. The number of ether oxygens (including phenoxy) is 2. The molecule has 1 N–H and O–H groups in total. The van der Waals surface area contributed by atoms with Gasteiger partial charge in [0.15, 0.2) is 40.4 Å². The second-order valence-electron chi connectivity index (χ2n) is 8.38. The molecule has 5 rings (SSSR count). The predicted octanol–water partition coefficient (Wildman–Crippen LogP) is 7.68. The van der Waals surface area contributed by atoms with E-state index in [-0.39, 0.29) is 29.0 Å². The molecule has 0 saturated carbocycles. The summed E-state index contributed by atoms with van der Waals surface area (Å²) < 4.78 is 85.4. The Hall–Kier alpha value is -4.64. The van der Waals surface area contributed by atoms with Crippen molar-refractivity contribution >= 4 is 34.3 Å². The van der Waals surface area contributed by atoms with Crippen molar-refractivity contribution in [2.45, 2.75) is 6.61 Å². The molecule has 1 heterocycles. The third-order valence-corrected chi connectivity index (χ3v) is 6.05. The van der Waals surface area contributed by atoms with Gasteiger partial charge in [-0.3, -0.25) is 4.79 Å². The van der Waals surface area contributed by atoms with Crippen LogP contribution in [0.15, 0.2) is 65.1 Å². The number of halogens is 6. The number of rotatable bonds is 7. The maximum atomic E-state index is 14.2. The van der Waals surface area contributed by atoms with Gasteiger partial charge in [0, 0.05) is 16.3 Å². The smallest absolute Gasteiger partial charge is 0.255 e. The minimum absolute atomic E-state index is 0.000249. The van der Waals surface area contributed by atoms with Crippen molar-refractivity contribution in [3.63, 3.8) is 0 Å². The van der Waals surface area contributed by atoms with Gasteiger partial charge in [0.25, 0.3) is 5.91 Å². The first-order valence-corrected chi connectivity index (χ1v) is 11.8. The van der Waals surface area contributed by atoms with Crippen molar-refractivity contribution in [2.75, 3.05) is 12.4 Å². The Bertz CT molecular complexity index is 1730. The van der Waals surface area contributed by atoms with Gasteiger partial charge in [-0.15, -0.1) is 0 Å². The maximum Gasteiger partial charge on any atom is 0.255 e. The molecular weight excluding hydrogens is 559 g/mol. The summed E-state index contributed by atoms with van der Waals surface area (Å²) in [5.74, 6) is -11.3. The number of nitrogens with one attached hydrogen (secondary N) is 1. The first-order chi connectivity index (χ1) is 19.2. The minimum Gasteiger partial charge on any atom is -0.493 e. The normalized spacial score (nSPS) is 11.1. The van der Waals surface area contributed by atoms with E-state index in [2.05, 4.69) is 10.3 Å². The van der Waals surface area contributed by atoms with Crippen molar-refractivity contribution in [1.29, 1.82) is 0 Å². The Morgan fingerprint density at radius 1 is 0.875 bits per heavy atom. The molecule has 0 unspecified atom stereocenters. The lowest BCUT2D eigenvalue weighted by Gasteiger charge is -2.12. The quantitative estimate of drug-likeness (QED) is 0.123. The summed E-state index contributed by atoms with van der Waals surface area (Å²) in [6, 6.07) is 15.7. The lowest BCUT2D eigenvalue weighted by Crippen LogP contribution is -2.12. The van der Waals surface area contributed by atoms with Gasteiger partial charge in [0.05, 0.1) is 7.11 Å². The van der Waals surface area contributed by atoms with Gasteiger partial charge >= 0.3 is 0 Å². The van der Waals surface area contributed by atoms with Gasteiger partial charge in [0.2, 0.25) is 11.7 Å². The predicted molar refractivity (Wildman–Crippen MR) is 136 cm³/mol. The fourth-order valence-electron chi connectivity index (χ4n) is 3.78. The first-order valence-electron chi connectivity index (χ1n) is 11.4. The van der Waals surface area contributed by atoms with Crippen LogP contribution in [0.3, 0.4) is 0 Å². The van der Waals surface area contributed by atoms with Crippen molar-refractivity contribution < 1.29 is 40.6 Å². The molecule has 0 atom stereocenters. The lowest BCUT2D eigenvalue weighted by atomic mass is 10.1. The molecule has 0 aliphatic carbocycles. The lowest BCUT2D eigenvalue weighted by molar-refractivity contribution is 0.102. The molecule has 0 fully saturated rings. The average Bonchev–Trinajstić information content (AvgIpc) is 3.37. The number of anilines is 1. The van der Waals surface area contributed by atoms with E-state index in [0.717, 1.165) is 5.56 Å². The molecule has 0 aliphatic heterocycles. The highest BCUT2D eigenvalue weighted by atomic mass is 35.5. The van der Waals surface area contributed by atoms with Crippen LogP contribution in [0, 0.1) is 29.1 Å². The minimum atomic E-state index is -2.29. The summed E-state index contributed by atoms with van der Waals surface area (Å²) in [5.41, 5.74) is -0.000554. The monoisotopic (exact) mass is 574 g/mol. The van der Waals surface area contributed by atoms with Gasteiger partial charge in [-0.25, -0.2) is 26.9 Å². The standard InChI is InChI=1S/C28H16ClF5N2O4/c1-38-20-10-14(4-8-19(20)39-12-13-2-5-15(29)6-3-13)27(37)35-16-7-9-18-17(11-16)36-28(40-18)21-22(30)24(32)26(34)25(33)23(21)31/h2-11H,12H2,1H3,(H,35,37). The van der Waals surface area contributed by atoms with Gasteiger partial charge in [-0.2, -0.15) is 0 Å². The number of amides is 1. The largest absolute Gasteiger partial charge is 0.493 e. The van der Waals surface area contributed by atoms with Crippen LogP contribution in [0.25, 0.3) is 22.6 Å². The summed E-state index contributed by atoms with van der Waals surface area (Å²) in [7, 11) is 1.42.